The van der Waals surface area contributed by atoms with Crippen molar-refractivity contribution in [1.29, 1.82) is 0 Å². The monoisotopic (exact) mass is 254 g/mol. The van der Waals surface area contributed by atoms with Crippen LogP contribution in [0.2, 0.25) is 0 Å². The first-order valence-electron chi connectivity index (χ1n) is 7.56. The summed E-state index contributed by atoms with van der Waals surface area (Å²) in [6.45, 7) is 7.35. The molecule has 0 bridgehead atoms. The van der Waals surface area contributed by atoms with Crippen LogP contribution in [-0.4, -0.2) is 23.0 Å². The number of piperidine rings is 1. The predicted molar refractivity (Wildman–Crippen MR) is 79.3 cm³/mol. The lowest BCUT2D eigenvalue weighted by molar-refractivity contribution is 0.000337. The fourth-order valence-electron chi connectivity index (χ4n) is 4.30. The number of hydrogen-bond donors (Lipinski definition) is 1. The number of para-hydroxylation sites is 1. The fourth-order valence-corrected chi connectivity index (χ4v) is 4.30. The molecule has 1 saturated heterocycles. The van der Waals surface area contributed by atoms with Crippen molar-refractivity contribution in [3.05, 3.63) is 35.5 Å². The second kappa shape index (κ2) is 3.86. The lowest BCUT2D eigenvalue weighted by Gasteiger charge is -2.51. The van der Waals surface area contributed by atoms with Gasteiger partial charge < -0.3 is 4.98 Å². The van der Waals surface area contributed by atoms with Gasteiger partial charge in [0.25, 0.3) is 0 Å². The molecule has 1 fully saturated rings. The summed E-state index contributed by atoms with van der Waals surface area (Å²) >= 11 is 0. The lowest BCUT2D eigenvalue weighted by Crippen LogP contribution is -2.55. The molecule has 100 valence electrons. The van der Waals surface area contributed by atoms with E-state index < -0.39 is 0 Å². The van der Waals surface area contributed by atoms with Gasteiger partial charge in [0.15, 0.2) is 0 Å². The second-order valence-electron chi connectivity index (χ2n) is 6.45. The third-order valence-electron chi connectivity index (χ3n) is 5.63. The van der Waals surface area contributed by atoms with E-state index in [1.807, 2.05) is 0 Å². The van der Waals surface area contributed by atoms with Crippen molar-refractivity contribution in [2.75, 3.05) is 13.1 Å². The summed E-state index contributed by atoms with van der Waals surface area (Å²) in [7, 11) is 0. The molecule has 0 aliphatic carbocycles. The number of aromatic amines is 1. The van der Waals surface area contributed by atoms with Gasteiger partial charge in [-0.2, -0.15) is 0 Å². The van der Waals surface area contributed by atoms with Crippen LogP contribution in [0.4, 0.5) is 0 Å². The molecule has 2 aliphatic rings. The molecular formula is C17H22N2. The van der Waals surface area contributed by atoms with Gasteiger partial charge in [-0.05, 0) is 50.3 Å². The Morgan fingerprint density at radius 2 is 2.11 bits per heavy atom. The molecule has 2 heteroatoms. The van der Waals surface area contributed by atoms with Gasteiger partial charge in [-0.1, -0.05) is 25.1 Å². The van der Waals surface area contributed by atoms with Crippen molar-refractivity contribution in [3.8, 4) is 0 Å². The molecule has 0 spiro atoms. The van der Waals surface area contributed by atoms with Crippen LogP contribution >= 0.6 is 0 Å². The number of nitrogens with one attached hydrogen (secondary N) is 1. The Morgan fingerprint density at radius 1 is 1.26 bits per heavy atom. The molecule has 2 nitrogen and oxygen atoms in total. The number of benzene rings is 1. The molecule has 1 N–H and O–H groups in total. The zero-order chi connectivity index (χ0) is 13.0. The van der Waals surface area contributed by atoms with Gasteiger partial charge in [0.2, 0.25) is 0 Å². The predicted octanol–water partition coefficient (Wildman–Crippen LogP) is 3.67. The fraction of sp³-hybridized carbons (Fsp3) is 0.529. The van der Waals surface area contributed by atoms with Crippen molar-refractivity contribution in [2.24, 2.45) is 5.92 Å². The Hall–Kier alpha value is -1.28. The van der Waals surface area contributed by atoms with E-state index in [0.717, 1.165) is 5.92 Å². The average Bonchev–Trinajstić information content (AvgIpc) is 2.80. The minimum Gasteiger partial charge on any atom is -0.357 e. The molecule has 0 saturated carbocycles. The van der Waals surface area contributed by atoms with Crippen LogP contribution in [0, 0.1) is 5.92 Å². The molecule has 1 aromatic heterocycles. The maximum absolute atomic E-state index is 3.74. The third-order valence-corrected chi connectivity index (χ3v) is 5.63. The molecule has 2 aromatic rings. The van der Waals surface area contributed by atoms with E-state index in [4.69, 9.17) is 0 Å². The van der Waals surface area contributed by atoms with Crippen LogP contribution in [0.15, 0.2) is 24.3 Å². The normalized spacial score (nSPS) is 31.2. The zero-order valence-electron chi connectivity index (χ0n) is 11.9. The minimum atomic E-state index is 0.213. The number of H-pyrrole nitrogens is 1. The molecule has 1 aromatic carbocycles. The molecule has 2 atom stereocenters. The van der Waals surface area contributed by atoms with Gasteiger partial charge >= 0.3 is 0 Å². The highest BCUT2D eigenvalue weighted by Crippen LogP contribution is 2.46. The highest BCUT2D eigenvalue weighted by atomic mass is 15.2. The van der Waals surface area contributed by atoms with Crippen LogP contribution in [0.5, 0.6) is 0 Å². The first kappa shape index (κ1) is 11.5. The van der Waals surface area contributed by atoms with Crippen LogP contribution in [0.1, 0.15) is 37.9 Å². The Kier molecular flexibility index (Phi) is 2.34. The zero-order valence-corrected chi connectivity index (χ0v) is 11.9. The summed E-state index contributed by atoms with van der Waals surface area (Å²) in [5, 5.41) is 1.44. The number of fused-ring (bicyclic) bond motifs is 5. The number of hydrogen-bond acceptors (Lipinski definition) is 1. The van der Waals surface area contributed by atoms with E-state index in [2.05, 4.69) is 48.0 Å². The highest BCUT2D eigenvalue weighted by molar-refractivity contribution is 5.85. The second-order valence-corrected chi connectivity index (χ2v) is 6.45. The van der Waals surface area contributed by atoms with Crippen LogP contribution in [-0.2, 0) is 12.0 Å². The van der Waals surface area contributed by atoms with Gasteiger partial charge in [0.05, 0.1) is 5.54 Å². The quantitative estimate of drug-likeness (QED) is 0.760. The third kappa shape index (κ3) is 1.41. The summed E-state index contributed by atoms with van der Waals surface area (Å²) in [4.78, 5) is 6.45. The van der Waals surface area contributed by atoms with Gasteiger partial charge in [-0.25, -0.2) is 0 Å². The number of rotatable bonds is 0. The molecular weight excluding hydrogens is 232 g/mol. The van der Waals surface area contributed by atoms with Crippen LogP contribution in [0.25, 0.3) is 10.9 Å². The van der Waals surface area contributed by atoms with Crippen LogP contribution in [0.3, 0.4) is 0 Å². The van der Waals surface area contributed by atoms with Crippen molar-refractivity contribution < 1.29 is 0 Å². The summed E-state index contributed by atoms with van der Waals surface area (Å²) in [6.07, 6.45) is 3.90. The highest BCUT2D eigenvalue weighted by Gasteiger charge is 2.46. The summed E-state index contributed by atoms with van der Waals surface area (Å²) in [5.74, 6) is 0.730. The number of nitrogens with zero attached hydrogens (tertiary/aromatic N) is 1. The minimum absolute atomic E-state index is 0.213. The smallest absolute Gasteiger partial charge is 0.0611 e. The topological polar surface area (TPSA) is 19.0 Å². The van der Waals surface area contributed by atoms with E-state index in [1.165, 1.54) is 48.9 Å². The van der Waals surface area contributed by atoms with Gasteiger partial charge in [0, 0.05) is 23.1 Å². The van der Waals surface area contributed by atoms with Crippen molar-refractivity contribution in [2.45, 2.75) is 38.6 Å². The van der Waals surface area contributed by atoms with E-state index in [0.29, 0.717) is 0 Å². The average molecular weight is 254 g/mol. The molecule has 19 heavy (non-hydrogen) atoms. The summed E-state index contributed by atoms with van der Waals surface area (Å²) < 4.78 is 0. The van der Waals surface area contributed by atoms with E-state index in [-0.39, 0.29) is 5.54 Å². The van der Waals surface area contributed by atoms with E-state index in [1.54, 1.807) is 5.56 Å². The molecule has 0 unspecified atom stereocenters. The van der Waals surface area contributed by atoms with E-state index in [9.17, 15) is 0 Å². The van der Waals surface area contributed by atoms with Gasteiger partial charge in [-0.3, -0.25) is 4.90 Å². The standard InChI is InChI=1S/C17H22N2/c1-12-6-5-10-19-11-9-14-13-7-3-4-8-15(13)18-16(14)17(12,19)2/h3-4,7-8,12,18H,5-6,9-11H2,1-2H3/t12-,17+/m1/s1. The molecule has 3 heterocycles. The lowest BCUT2D eigenvalue weighted by atomic mass is 9.73. The Labute approximate surface area is 114 Å². The first-order valence-corrected chi connectivity index (χ1v) is 7.56. The maximum atomic E-state index is 3.74. The van der Waals surface area contributed by atoms with Gasteiger partial charge in [0.1, 0.15) is 0 Å². The van der Waals surface area contributed by atoms with E-state index >= 15 is 0 Å². The van der Waals surface area contributed by atoms with Crippen LogP contribution < -0.4 is 0 Å². The summed E-state index contributed by atoms with van der Waals surface area (Å²) in [6, 6.07) is 8.79. The van der Waals surface area contributed by atoms with Gasteiger partial charge in [-0.15, -0.1) is 0 Å². The molecule has 0 radical (unpaired) electrons. The SMILES string of the molecule is C[C@@H]1CCCN2CCc3c([nH]c4ccccc34)[C@]12C. The van der Waals surface area contributed by atoms with Crippen molar-refractivity contribution >= 4 is 10.9 Å². The van der Waals surface area contributed by atoms with Crippen molar-refractivity contribution in [3.63, 3.8) is 0 Å². The molecule has 2 aliphatic heterocycles. The largest absolute Gasteiger partial charge is 0.357 e. The molecule has 4 rings (SSSR count). The molecule has 0 amide bonds. The van der Waals surface area contributed by atoms with Crippen molar-refractivity contribution in [1.82, 2.24) is 9.88 Å². The number of aromatic nitrogens is 1. The summed E-state index contributed by atoms with van der Waals surface area (Å²) in [5.41, 5.74) is 4.59. The Bertz CT molecular complexity index is 627. The Balaban J connectivity index is 1.97. The Morgan fingerprint density at radius 3 is 3.00 bits per heavy atom. The first-order chi connectivity index (χ1) is 9.21. The maximum Gasteiger partial charge on any atom is 0.0611 e.